The van der Waals surface area contributed by atoms with E-state index in [1.165, 1.54) is 13.0 Å². The van der Waals surface area contributed by atoms with E-state index >= 15 is 0 Å². The number of nitrogens with zero attached hydrogens (tertiary/aromatic N) is 1. The predicted octanol–water partition coefficient (Wildman–Crippen LogP) is 0.441. The largest absolute Gasteiger partial charge is 0.393 e. The summed E-state index contributed by atoms with van der Waals surface area (Å²) in [5, 5.41) is 12.6. The molecule has 0 aromatic carbocycles. The highest BCUT2D eigenvalue weighted by Gasteiger charge is 2.12. The van der Waals surface area contributed by atoms with Crippen LogP contribution in [0.2, 0.25) is 0 Å². The first-order valence-electron chi connectivity index (χ1n) is 5.32. The molecule has 2 atom stereocenters. The quantitative estimate of drug-likeness (QED) is 0.671. The molecular weight excluding hydrogens is 164 g/mol. The second-order valence-electron chi connectivity index (χ2n) is 4.12. The van der Waals surface area contributed by atoms with Gasteiger partial charge in [-0.2, -0.15) is 0 Å². The molecule has 78 valence electrons. The second kappa shape index (κ2) is 5.58. The van der Waals surface area contributed by atoms with Crippen LogP contribution in [-0.4, -0.2) is 48.3 Å². The number of hydrogen-bond donors (Lipinski definition) is 2. The van der Waals surface area contributed by atoms with E-state index in [1.54, 1.807) is 0 Å². The molecule has 0 saturated carbocycles. The second-order valence-corrected chi connectivity index (χ2v) is 4.12. The molecule has 0 aromatic rings. The van der Waals surface area contributed by atoms with Crippen molar-refractivity contribution in [3.63, 3.8) is 0 Å². The van der Waals surface area contributed by atoms with Crippen LogP contribution in [0.4, 0.5) is 0 Å². The Hall–Kier alpha value is -0.120. The van der Waals surface area contributed by atoms with Gasteiger partial charge in [-0.3, -0.25) is 0 Å². The average molecular weight is 186 g/mol. The van der Waals surface area contributed by atoms with Crippen molar-refractivity contribution in [1.82, 2.24) is 10.2 Å². The van der Waals surface area contributed by atoms with Gasteiger partial charge in [-0.25, -0.2) is 0 Å². The lowest BCUT2D eigenvalue weighted by Crippen LogP contribution is -2.30. The van der Waals surface area contributed by atoms with Gasteiger partial charge in [0.15, 0.2) is 0 Å². The van der Waals surface area contributed by atoms with E-state index in [0.29, 0.717) is 6.04 Å². The minimum Gasteiger partial charge on any atom is -0.393 e. The van der Waals surface area contributed by atoms with Crippen LogP contribution < -0.4 is 5.32 Å². The molecule has 0 spiro atoms. The number of aliphatic hydroxyl groups is 1. The van der Waals surface area contributed by atoms with E-state index in [1.807, 2.05) is 6.92 Å². The smallest absolute Gasteiger partial charge is 0.0524 e. The zero-order valence-electron chi connectivity index (χ0n) is 8.79. The zero-order valence-corrected chi connectivity index (χ0v) is 8.79. The van der Waals surface area contributed by atoms with Crippen LogP contribution in [0.5, 0.6) is 0 Å². The molecule has 1 aliphatic rings. The monoisotopic (exact) mass is 186 g/mol. The third-order valence-corrected chi connectivity index (χ3v) is 2.66. The number of aliphatic hydroxyl groups excluding tert-OH is 1. The van der Waals surface area contributed by atoms with E-state index in [2.05, 4.69) is 17.1 Å². The molecule has 0 aliphatic carbocycles. The summed E-state index contributed by atoms with van der Waals surface area (Å²) in [6, 6.07) is 0.650. The van der Waals surface area contributed by atoms with Gasteiger partial charge in [0.1, 0.15) is 0 Å². The van der Waals surface area contributed by atoms with Crippen LogP contribution in [-0.2, 0) is 0 Å². The van der Waals surface area contributed by atoms with E-state index in [0.717, 1.165) is 26.1 Å². The van der Waals surface area contributed by atoms with Gasteiger partial charge in [-0.15, -0.1) is 0 Å². The van der Waals surface area contributed by atoms with Gasteiger partial charge in [-0.1, -0.05) is 0 Å². The Morgan fingerprint density at radius 1 is 1.54 bits per heavy atom. The molecule has 1 saturated heterocycles. The Morgan fingerprint density at radius 3 is 3.00 bits per heavy atom. The summed E-state index contributed by atoms with van der Waals surface area (Å²) in [6.07, 6.45) is 1.96. The summed E-state index contributed by atoms with van der Waals surface area (Å²) in [5.41, 5.74) is 0. The maximum atomic E-state index is 9.16. The topological polar surface area (TPSA) is 35.5 Å². The highest BCUT2D eigenvalue weighted by molar-refractivity contribution is 4.71. The van der Waals surface area contributed by atoms with Gasteiger partial charge >= 0.3 is 0 Å². The molecule has 1 rings (SSSR count). The van der Waals surface area contributed by atoms with Gasteiger partial charge < -0.3 is 15.3 Å². The van der Waals surface area contributed by atoms with Crippen LogP contribution >= 0.6 is 0 Å². The maximum absolute atomic E-state index is 9.16. The fourth-order valence-electron chi connectivity index (χ4n) is 1.65. The summed E-state index contributed by atoms with van der Waals surface area (Å²) in [7, 11) is 0. The van der Waals surface area contributed by atoms with Crippen molar-refractivity contribution < 1.29 is 5.11 Å². The van der Waals surface area contributed by atoms with Crippen LogP contribution in [0.1, 0.15) is 26.7 Å². The Bertz CT molecular complexity index is 139. The predicted molar refractivity (Wildman–Crippen MR) is 54.8 cm³/mol. The molecule has 3 heteroatoms. The Labute approximate surface area is 81.1 Å². The first kappa shape index (κ1) is 11.0. The zero-order chi connectivity index (χ0) is 9.68. The van der Waals surface area contributed by atoms with Gasteiger partial charge in [0.2, 0.25) is 0 Å². The molecule has 1 fully saturated rings. The minimum atomic E-state index is -0.159. The van der Waals surface area contributed by atoms with Gasteiger partial charge in [0, 0.05) is 25.7 Å². The van der Waals surface area contributed by atoms with Crippen molar-refractivity contribution in [2.24, 2.45) is 0 Å². The van der Waals surface area contributed by atoms with E-state index in [-0.39, 0.29) is 6.10 Å². The molecule has 3 nitrogen and oxygen atoms in total. The summed E-state index contributed by atoms with van der Waals surface area (Å²) in [5.74, 6) is 0. The average Bonchev–Trinajstić information content (AvgIpc) is 2.27. The SMILES string of the molecule is CC(O)CCN1CCNC(C)CC1. The van der Waals surface area contributed by atoms with Crippen molar-refractivity contribution in [2.45, 2.75) is 38.8 Å². The molecule has 0 aromatic heterocycles. The third kappa shape index (κ3) is 4.60. The summed E-state index contributed by atoms with van der Waals surface area (Å²) < 4.78 is 0. The van der Waals surface area contributed by atoms with Crippen molar-refractivity contribution in [3.05, 3.63) is 0 Å². The fraction of sp³-hybridized carbons (Fsp3) is 1.00. The molecule has 2 unspecified atom stereocenters. The van der Waals surface area contributed by atoms with Crippen LogP contribution in [0.25, 0.3) is 0 Å². The Morgan fingerprint density at radius 2 is 2.31 bits per heavy atom. The molecule has 0 radical (unpaired) electrons. The molecule has 0 amide bonds. The molecule has 2 N–H and O–H groups in total. The first-order chi connectivity index (χ1) is 6.18. The molecule has 1 heterocycles. The van der Waals surface area contributed by atoms with Crippen LogP contribution in [0.15, 0.2) is 0 Å². The molecular formula is C10H22N2O. The van der Waals surface area contributed by atoms with Crippen molar-refractivity contribution in [1.29, 1.82) is 0 Å². The van der Waals surface area contributed by atoms with Gasteiger partial charge in [0.25, 0.3) is 0 Å². The number of hydrogen-bond acceptors (Lipinski definition) is 3. The maximum Gasteiger partial charge on any atom is 0.0524 e. The fourth-order valence-corrected chi connectivity index (χ4v) is 1.65. The highest BCUT2D eigenvalue weighted by atomic mass is 16.3. The summed E-state index contributed by atoms with van der Waals surface area (Å²) in [4.78, 5) is 2.43. The Kier molecular flexibility index (Phi) is 4.70. The summed E-state index contributed by atoms with van der Waals surface area (Å²) in [6.45, 7) is 8.50. The minimum absolute atomic E-state index is 0.159. The highest BCUT2D eigenvalue weighted by Crippen LogP contribution is 2.02. The normalized spacial score (nSPS) is 28.4. The lowest BCUT2D eigenvalue weighted by Gasteiger charge is -2.19. The summed E-state index contributed by atoms with van der Waals surface area (Å²) >= 11 is 0. The van der Waals surface area contributed by atoms with Crippen molar-refractivity contribution in [3.8, 4) is 0 Å². The van der Waals surface area contributed by atoms with Gasteiger partial charge in [0.05, 0.1) is 6.10 Å². The number of rotatable bonds is 3. The van der Waals surface area contributed by atoms with E-state index < -0.39 is 0 Å². The third-order valence-electron chi connectivity index (χ3n) is 2.66. The van der Waals surface area contributed by atoms with E-state index in [4.69, 9.17) is 5.11 Å². The molecule has 1 aliphatic heterocycles. The van der Waals surface area contributed by atoms with Gasteiger partial charge in [-0.05, 0) is 33.2 Å². The number of nitrogens with one attached hydrogen (secondary N) is 1. The lowest BCUT2D eigenvalue weighted by atomic mass is 10.2. The Balaban J connectivity index is 2.18. The first-order valence-corrected chi connectivity index (χ1v) is 5.32. The van der Waals surface area contributed by atoms with E-state index in [9.17, 15) is 0 Å². The molecule has 13 heavy (non-hydrogen) atoms. The molecule has 0 bridgehead atoms. The van der Waals surface area contributed by atoms with Crippen molar-refractivity contribution >= 4 is 0 Å². The van der Waals surface area contributed by atoms with Crippen LogP contribution in [0.3, 0.4) is 0 Å². The van der Waals surface area contributed by atoms with Crippen molar-refractivity contribution in [2.75, 3.05) is 26.2 Å². The van der Waals surface area contributed by atoms with Crippen LogP contribution in [0, 0.1) is 0 Å². The standard InChI is InChI=1S/C10H22N2O/c1-9-3-6-12(8-5-11-9)7-4-10(2)13/h9-11,13H,3-8H2,1-2H3. The lowest BCUT2D eigenvalue weighted by molar-refractivity contribution is 0.158.